The molecule has 0 radical (unpaired) electrons. The van der Waals surface area contributed by atoms with Crippen molar-refractivity contribution in [1.29, 1.82) is 0 Å². The van der Waals surface area contributed by atoms with Gasteiger partial charge >= 0.3 is 5.97 Å². The quantitative estimate of drug-likeness (QED) is 0.802. The van der Waals surface area contributed by atoms with Gasteiger partial charge in [0.05, 0.1) is 24.9 Å². The van der Waals surface area contributed by atoms with Crippen LogP contribution >= 0.6 is 11.8 Å². The summed E-state index contributed by atoms with van der Waals surface area (Å²) >= 11 is 1.25. The minimum absolute atomic E-state index is 0.0174. The second kappa shape index (κ2) is 5.65. The number of methoxy groups -OCH3 is 2. The highest BCUT2D eigenvalue weighted by Gasteiger charge is 2.11. The van der Waals surface area contributed by atoms with Gasteiger partial charge < -0.3 is 14.6 Å². The highest BCUT2D eigenvalue weighted by molar-refractivity contribution is 8.00. The van der Waals surface area contributed by atoms with Crippen molar-refractivity contribution in [2.24, 2.45) is 0 Å². The van der Waals surface area contributed by atoms with E-state index in [2.05, 4.69) is 0 Å². The highest BCUT2D eigenvalue weighted by Crippen LogP contribution is 2.35. The topological polar surface area (TPSA) is 55.8 Å². The zero-order chi connectivity index (χ0) is 12.1. The third kappa shape index (κ3) is 3.06. The predicted octanol–water partition coefficient (Wildman–Crippen LogP) is 2.19. The van der Waals surface area contributed by atoms with E-state index >= 15 is 0 Å². The van der Waals surface area contributed by atoms with Crippen LogP contribution in [0.3, 0.4) is 0 Å². The first-order chi connectivity index (χ1) is 7.58. The second-order valence-electron chi connectivity index (χ2n) is 3.16. The molecule has 1 aromatic carbocycles. The zero-order valence-electron chi connectivity index (χ0n) is 9.44. The van der Waals surface area contributed by atoms with Gasteiger partial charge in [-0.05, 0) is 18.6 Å². The molecular formula is C11H14O4S. The van der Waals surface area contributed by atoms with Gasteiger partial charge in [0.25, 0.3) is 0 Å². The summed E-state index contributed by atoms with van der Waals surface area (Å²) in [6.45, 7) is 1.90. The fourth-order valence-electron chi connectivity index (χ4n) is 1.30. The molecule has 0 fully saturated rings. The molecule has 0 unspecified atom stereocenters. The number of hydrogen-bond donors (Lipinski definition) is 1. The van der Waals surface area contributed by atoms with Gasteiger partial charge in [-0.25, -0.2) is 0 Å². The number of aliphatic carboxylic acids is 1. The first-order valence-electron chi connectivity index (χ1n) is 4.65. The molecule has 0 aromatic heterocycles. The smallest absolute Gasteiger partial charge is 0.313 e. The van der Waals surface area contributed by atoms with Crippen LogP contribution in [0.1, 0.15) is 5.56 Å². The Balaban J connectivity index is 3.01. The van der Waals surface area contributed by atoms with Crippen LogP contribution in [-0.4, -0.2) is 31.0 Å². The summed E-state index contributed by atoms with van der Waals surface area (Å²) in [6.07, 6.45) is 0. The van der Waals surface area contributed by atoms with Crippen molar-refractivity contribution in [3.05, 3.63) is 17.7 Å². The van der Waals surface area contributed by atoms with Crippen LogP contribution in [0.4, 0.5) is 0 Å². The first-order valence-corrected chi connectivity index (χ1v) is 5.64. The molecular weight excluding hydrogens is 228 g/mol. The van der Waals surface area contributed by atoms with Gasteiger partial charge in [-0.3, -0.25) is 4.79 Å². The van der Waals surface area contributed by atoms with Crippen LogP contribution < -0.4 is 9.47 Å². The van der Waals surface area contributed by atoms with E-state index in [0.29, 0.717) is 11.5 Å². The largest absolute Gasteiger partial charge is 0.497 e. The van der Waals surface area contributed by atoms with Crippen molar-refractivity contribution < 1.29 is 19.4 Å². The van der Waals surface area contributed by atoms with Crippen LogP contribution in [-0.2, 0) is 4.79 Å². The number of rotatable bonds is 5. The van der Waals surface area contributed by atoms with Crippen molar-refractivity contribution in [2.75, 3.05) is 20.0 Å². The van der Waals surface area contributed by atoms with Gasteiger partial charge in [0.15, 0.2) is 0 Å². The molecule has 1 N–H and O–H groups in total. The Morgan fingerprint density at radius 1 is 1.38 bits per heavy atom. The molecule has 0 amide bonds. The lowest BCUT2D eigenvalue weighted by Gasteiger charge is -2.12. The Labute approximate surface area is 98.6 Å². The third-order valence-corrected chi connectivity index (χ3v) is 3.21. The molecule has 1 rings (SSSR count). The molecule has 4 nitrogen and oxygen atoms in total. The van der Waals surface area contributed by atoms with E-state index in [4.69, 9.17) is 14.6 Å². The lowest BCUT2D eigenvalue weighted by Crippen LogP contribution is -1.99. The molecule has 5 heteroatoms. The minimum Gasteiger partial charge on any atom is -0.497 e. The number of ether oxygens (including phenoxy) is 2. The number of carboxylic acids is 1. The highest BCUT2D eigenvalue weighted by atomic mass is 32.2. The number of benzene rings is 1. The molecule has 0 heterocycles. The van der Waals surface area contributed by atoms with E-state index in [1.54, 1.807) is 20.3 Å². The van der Waals surface area contributed by atoms with Crippen LogP contribution in [0.15, 0.2) is 17.0 Å². The summed E-state index contributed by atoms with van der Waals surface area (Å²) in [7, 11) is 3.14. The maximum Gasteiger partial charge on any atom is 0.313 e. The number of aryl methyl sites for hydroxylation is 1. The first kappa shape index (κ1) is 12.7. The van der Waals surface area contributed by atoms with Crippen molar-refractivity contribution >= 4 is 17.7 Å². The predicted molar refractivity (Wildman–Crippen MR) is 62.6 cm³/mol. The summed E-state index contributed by atoms with van der Waals surface area (Å²) in [6, 6.07) is 3.60. The van der Waals surface area contributed by atoms with Gasteiger partial charge in [-0.1, -0.05) is 0 Å². The van der Waals surface area contributed by atoms with Crippen LogP contribution in [0.5, 0.6) is 11.5 Å². The number of thioether (sulfide) groups is 1. The molecule has 0 bridgehead atoms. The Hall–Kier alpha value is -1.36. The van der Waals surface area contributed by atoms with Crippen molar-refractivity contribution in [2.45, 2.75) is 11.8 Å². The molecule has 0 saturated carbocycles. The number of hydrogen-bond acceptors (Lipinski definition) is 4. The monoisotopic (exact) mass is 242 g/mol. The van der Waals surface area contributed by atoms with Gasteiger partial charge in [0.1, 0.15) is 11.5 Å². The van der Waals surface area contributed by atoms with Gasteiger partial charge in [0.2, 0.25) is 0 Å². The van der Waals surface area contributed by atoms with E-state index in [-0.39, 0.29) is 5.75 Å². The molecule has 0 aliphatic rings. The average Bonchev–Trinajstić information content (AvgIpc) is 2.26. The summed E-state index contributed by atoms with van der Waals surface area (Å²) in [5.74, 6) is 0.517. The molecule has 0 aliphatic carbocycles. The normalized spacial score (nSPS) is 9.94. The Morgan fingerprint density at radius 3 is 2.56 bits per heavy atom. The molecule has 16 heavy (non-hydrogen) atoms. The molecule has 0 aliphatic heterocycles. The van der Waals surface area contributed by atoms with Crippen LogP contribution in [0.25, 0.3) is 0 Å². The van der Waals surface area contributed by atoms with Crippen molar-refractivity contribution in [1.82, 2.24) is 0 Å². The fourth-order valence-corrected chi connectivity index (χ4v) is 2.14. The van der Waals surface area contributed by atoms with Crippen molar-refractivity contribution in [3.63, 3.8) is 0 Å². The summed E-state index contributed by atoms with van der Waals surface area (Å²) < 4.78 is 10.3. The van der Waals surface area contributed by atoms with Crippen LogP contribution in [0.2, 0.25) is 0 Å². The summed E-state index contributed by atoms with van der Waals surface area (Å²) in [4.78, 5) is 11.4. The van der Waals surface area contributed by atoms with E-state index < -0.39 is 5.97 Å². The van der Waals surface area contributed by atoms with E-state index in [1.165, 1.54) is 11.8 Å². The zero-order valence-corrected chi connectivity index (χ0v) is 10.3. The number of carbonyl (C=O) groups is 1. The lowest BCUT2D eigenvalue weighted by molar-refractivity contribution is -0.133. The average molecular weight is 242 g/mol. The molecule has 0 saturated heterocycles. The molecule has 88 valence electrons. The van der Waals surface area contributed by atoms with Crippen molar-refractivity contribution in [3.8, 4) is 11.5 Å². The summed E-state index contributed by atoms with van der Waals surface area (Å²) in [5, 5.41) is 8.64. The Kier molecular flexibility index (Phi) is 4.49. The Morgan fingerprint density at radius 2 is 2.06 bits per heavy atom. The fraction of sp³-hybridized carbons (Fsp3) is 0.364. The molecule has 0 spiro atoms. The SMILES string of the molecule is COc1cc(C)c(SCC(=O)O)c(OC)c1. The number of carboxylic acid groups (broad SMARTS) is 1. The Bertz CT molecular complexity index is 390. The minimum atomic E-state index is -0.845. The second-order valence-corrected chi connectivity index (χ2v) is 4.14. The van der Waals surface area contributed by atoms with Crippen LogP contribution in [0, 0.1) is 6.92 Å². The van der Waals surface area contributed by atoms with Gasteiger partial charge in [-0.15, -0.1) is 11.8 Å². The third-order valence-electron chi connectivity index (χ3n) is 2.01. The van der Waals surface area contributed by atoms with E-state index in [0.717, 1.165) is 10.5 Å². The maximum atomic E-state index is 10.5. The summed E-state index contributed by atoms with van der Waals surface area (Å²) in [5.41, 5.74) is 0.947. The maximum absolute atomic E-state index is 10.5. The van der Waals surface area contributed by atoms with E-state index in [9.17, 15) is 4.79 Å². The van der Waals surface area contributed by atoms with Gasteiger partial charge in [-0.2, -0.15) is 0 Å². The standard InChI is InChI=1S/C11H14O4S/c1-7-4-8(14-2)5-9(15-3)11(7)16-6-10(12)13/h4-5H,6H2,1-3H3,(H,12,13). The molecule has 1 aromatic rings. The van der Waals surface area contributed by atoms with E-state index in [1.807, 2.05) is 13.0 Å². The van der Waals surface area contributed by atoms with Gasteiger partial charge in [0, 0.05) is 6.07 Å². The lowest BCUT2D eigenvalue weighted by atomic mass is 10.2. The molecule has 0 atom stereocenters.